The lowest BCUT2D eigenvalue weighted by atomic mass is 9.83. The van der Waals surface area contributed by atoms with Gasteiger partial charge in [0, 0.05) is 19.3 Å². The topological polar surface area (TPSA) is 78.9 Å². The van der Waals surface area contributed by atoms with Crippen molar-refractivity contribution in [1.82, 2.24) is 0 Å². The summed E-state index contributed by atoms with van der Waals surface area (Å²) in [6, 6.07) is 0. The summed E-state index contributed by atoms with van der Waals surface area (Å²) in [5, 5.41) is 0. The molecule has 1 aliphatic carbocycles. The molecule has 28 heavy (non-hydrogen) atoms. The fraction of sp³-hybridized carbons (Fsp3) is 0.682. The van der Waals surface area contributed by atoms with Gasteiger partial charge in [-0.1, -0.05) is 26.8 Å². The molecule has 6 atom stereocenters. The van der Waals surface area contributed by atoms with Crippen LogP contribution < -0.4 is 0 Å². The predicted octanol–water partition coefficient (Wildman–Crippen LogP) is 3.74. The van der Waals surface area contributed by atoms with Gasteiger partial charge >= 0.3 is 17.9 Å². The first kappa shape index (κ1) is 22.2. The highest BCUT2D eigenvalue weighted by atomic mass is 16.6. The Morgan fingerprint density at radius 1 is 1.21 bits per heavy atom. The van der Waals surface area contributed by atoms with Crippen molar-refractivity contribution in [3.05, 3.63) is 23.3 Å². The molecule has 0 bridgehead atoms. The number of rotatable bonds is 4. The van der Waals surface area contributed by atoms with E-state index in [-0.39, 0.29) is 35.7 Å². The second-order valence-electron chi connectivity index (χ2n) is 8.02. The van der Waals surface area contributed by atoms with Crippen molar-refractivity contribution in [2.75, 3.05) is 0 Å². The van der Waals surface area contributed by atoms with E-state index >= 15 is 0 Å². The van der Waals surface area contributed by atoms with Crippen LogP contribution >= 0.6 is 0 Å². The van der Waals surface area contributed by atoms with Gasteiger partial charge in [0.05, 0.1) is 11.8 Å². The predicted molar refractivity (Wildman–Crippen MR) is 104 cm³/mol. The van der Waals surface area contributed by atoms with Crippen LogP contribution in [0.15, 0.2) is 23.3 Å². The first-order chi connectivity index (χ1) is 13.1. The van der Waals surface area contributed by atoms with Gasteiger partial charge < -0.3 is 14.2 Å². The van der Waals surface area contributed by atoms with E-state index in [0.29, 0.717) is 19.3 Å². The first-order valence-corrected chi connectivity index (χ1v) is 10.1. The van der Waals surface area contributed by atoms with E-state index in [4.69, 9.17) is 14.2 Å². The number of carbonyl (C=O) groups excluding carboxylic acids is 3. The van der Waals surface area contributed by atoms with E-state index in [0.717, 1.165) is 11.1 Å². The van der Waals surface area contributed by atoms with Gasteiger partial charge in [0.2, 0.25) is 0 Å². The molecular formula is C22H32O6. The number of carbonyl (C=O) groups is 3. The van der Waals surface area contributed by atoms with Gasteiger partial charge in [-0.2, -0.15) is 0 Å². The molecule has 0 saturated carbocycles. The second kappa shape index (κ2) is 9.39. The Bertz CT molecular complexity index is 677. The molecule has 6 nitrogen and oxygen atoms in total. The summed E-state index contributed by atoms with van der Waals surface area (Å²) in [7, 11) is 0. The molecule has 0 aromatic carbocycles. The van der Waals surface area contributed by atoms with Gasteiger partial charge in [-0.15, -0.1) is 0 Å². The Kier molecular flexibility index (Phi) is 7.44. The lowest BCUT2D eigenvalue weighted by molar-refractivity contribution is -0.152. The molecule has 1 saturated heterocycles. The molecule has 0 radical (unpaired) electrons. The van der Waals surface area contributed by atoms with Crippen molar-refractivity contribution in [2.24, 2.45) is 17.8 Å². The van der Waals surface area contributed by atoms with Gasteiger partial charge in [-0.25, -0.2) is 0 Å². The van der Waals surface area contributed by atoms with Crippen molar-refractivity contribution in [3.8, 4) is 0 Å². The van der Waals surface area contributed by atoms with Crippen LogP contribution in [0.4, 0.5) is 0 Å². The third-order valence-electron chi connectivity index (χ3n) is 5.85. The average Bonchev–Trinajstić information content (AvgIpc) is 2.89. The maximum Gasteiger partial charge on any atom is 0.309 e. The van der Waals surface area contributed by atoms with Crippen molar-refractivity contribution >= 4 is 17.9 Å². The molecule has 6 heteroatoms. The highest BCUT2D eigenvalue weighted by molar-refractivity contribution is 5.75. The Morgan fingerprint density at radius 3 is 2.50 bits per heavy atom. The quantitative estimate of drug-likeness (QED) is 0.412. The van der Waals surface area contributed by atoms with Crippen LogP contribution in [0.1, 0.15) is 60.8 Å². The minimum Gasteiger partial charge on any atom is -0.458 e. The average molecular weight is 392 g/mol. The monoisotopic (exact) mass is 392 g/mol. The van der Waals surface area contributed by atoms with Crippen LogP contribution in [0.2, 0.25) is 0 Å². The van der Waals surface area contributed by atoms with Crippen LogP contribution in [-0.4, -0.2) is 36.2 Å². The Hall–Kier alpha value is -2.11. The van der Waals surface area contributed by atoms with Crippen molar-refractivity contribution in [3.63, 3.8) is 0 Å². The van der Waals surface area contributed by atoms with E-state index < -0.39 is 18.3 Å². The summed E-state index contributed by atoms with van der Waals surface area (Å²) in [6.45, 7) is 10.8. The molecule has 0 spiro atoms. The normalized spacial score (nSPS) is 35.4. The fourth-order valence-electron chi connectivity index (χ4n) is 3.60. The molecule has 1 unspecified atom stereocenters. The maximum absolute atomic E-state index is 12.3. The first-order valence-electron chi connectivity index (χ1n) is 10.1. The van der Waals surface area contributed by atoms with E-state index in [2.05, 4.69) is 0 Å². The van der Waals surface area contributed by atoms with Gasteiger partial charge in [0.1, 0.15) is 18.3 Å². The van der Waals surface area contributed by atoms with E-state index in [1.54, 1.807) is 0 Å². The summed E-state index contributed by atoms with van der Waals surface area (Å²) in [6.07, 6.45) is 4.26. The largest absolute Gasteiger partial charge is 0.458 e. The van der Waals surface area contributed by atoms with Crippen LogP contribution in [0.25, 0.3) is 0 Å². The molecule has 0 aromatic heterocycles. The van der Waals surface area contributed by atoms with Crippen LogP contribution in [0, 0.1) is 17.8 Å². The lowest BCUT2D eigenvalue weighted by Crippen LogP contribution is -2.30. The molecular weight excluding hydrogens is 360 g/mol. The van der Waals surface area contributed by atoms with Crippen LogP contribution in [-0.2, 0) is 28.6 Å². The molecule has 2 rings (SSSR count). The summed E-state index contributed by atoms with van der Waals surface area (Å²) in [5.74, 6) is -1.45. The number of fused-ring (bicyclic) bond motifs is 1. The lowest BCUT2D eigenvalue weighted by Gasteiger charge is -2.28. The zero-order chi connectivity index (χ0) is 21.0. The molecule has 1 fully saturated rings. The minimum absolute atomic E-state index is 0.112. The van der Waals surface area contributed by atoms with Crippen LogP contribution in [0.5, 0.6) is 0 Å². The highest BCUT2D eigenvalue weighted by Crippen LogP contribution is 2.36. The van der Waals surface area contributed by atoms with E-state index in [1.165, 1.54) is 6.92 Å². The smallest absolute Gasteiger partial charge is 0.309 e. The van der Waals surface area contributed by atoms with E-state index in [9.17, 15) is 14.4 Å². The SMILES string of the molecule is CCC(C)C(=O)O[C@H]1C/C=C(\C)[C@@H](OC(C)=O)C[C@@H]2[C@@H](/C=C/1C)OC(=O)[C@@H]2C. The Balaban J connectivity index is 2.37. The number of ether oxygens (including phenoxy) is 3. The minimum atomic E-state index is -0.442. The summed E-state index contributed by atoms with van der Waals surface area (Å²) >= 11 is 0. The van der Waals surface area contributed by atoms with Gasteiger partial charge in [-0.05, 0) is 43.9 Å². The number of hydrogen-bond acceptors (Lipinski definition) is 6. The van der Waals surface area contributed by atoms with Crippen molar-refractivity contribution in [2.45, 2.75) is 79.1 Å². The summed E-state index contributed by atoms with van der Waals surface area (Å²) < 4.78 is 16.9. The fourth-order valence-corrected chi connectivity index (χ4v) is 3.60. The van der Waals surface area contributed by atoms with E-state index in [1.807, 2.05) is 46.8 Å². The standard InChI is InChI=1S/C22H32O6/c1-7-12(2)21(24)27-18-9-8-13(3)19(26-16(6)23)11-17-15(5)22(25)28-20(17)10-14(18)4/h8,10,12,15,17-20H,7,9,11H2,1-6H3/b13-8+,14-10+/t12?,15-,17+,18+,19+,20-/m1/s1. The molecule has 0 N–H and O–H groups in total. The molecule has 0 amide bonds. The molecule has 0 aromatic rings. The highest BCUT2D eigenvalue weighted by Gasteiger charge is 2.43. The third-order valence-corrected chi connectivity index (χ3v) is 5.85. The molecule has 1 aliphatic heterocycles. The Labute approximate surface area is 167 Å². The Morgan fingerprint density at radius 2 is 1.89 bits per heavy atom. The summed E-state index contributed by atoms with van der Waals surface area (Å²) in [4.78, 5) is 36.1. The second-order valence-corrected chi connectivity index (χ2v) is 8.02. The molecule has 156 valence electrons. The van der Waals surface area contributed by atoms with Gasteiger partial charge in [-0.3, -0.25) is 14.4 Å². The number of esters is 3. The zero-order valence-corrected chi connectivity index (χ0v) is 17.7. The maximum atomic E-state index is 12.3. The van der Waals surface area contributed by atoms with Crippen molar-refractivity contribution < 1.29 is 28.6 Å². The van der Waals surface area contributed by atoms with Crippen molar-refractivity contribution in [1.29, 1.82) is 0 Å². The zero-order valence-electron chi connectivity index (χ0n) is 17.7. The molecule has 1 heterocycles. The van der Waals surface area contributed by atoms with Crippen LogP contribution in [0.3, 0.4) is 0 Å². The van der Waals surface area contributed by atoms with Gasteiger partial charge in [0.25, 0.3) is 0 Å². The molecule has 2 aliphatic rings. The number of hydrogen-bond donors (Lipinski definition) is 0. The van der Waals surface area contributed by atoms with Gasteiger partial charge in [0.15, 0.2) is 0 Å². The third kappa shape index (κ3) is 5.24. The summed E-state index contributed by atoms with van der Waals surface area (Å²) in [5.41, 5.74) is 1.75.